The molecule has 2 aromatic rings. The number of carbonyl (C=O) groups excluding carboxylic acids is 2. The molecule has 0 bridgehead atoms. The Labute approximate surface area is 144 Å². The summed E-state index contributed by atoms with van der Waals surface area (Å²) in [5.41, 5.74) is 2.74. The maximum atomic E-state index is 12.1. The first kappa shape index (κ1) is 16.2. The van der Waals surface area contributed by atoms with Gasteiger partial charge in [-0.3, -0.25) is 9.59 Å². The van der Waals surface area contributed by atoms with Gasteiger partial charge >= 0.3 is 0 Å². The summed E-state index contributed by atoms with van der Waals surface area (Å²) in [5.74, 6) is -0.470. The van der Waals surface area contributed by atoms with E-state index in [4.69, 9.17) is 0 Å². The first-order valence-electron chi connectivity index (χ1n) is 7.77. The fourth-order valence-corrected chi connectivity index (χ4v) is 3.50. The fourth-order valence-electron chi connectivity index (χ4n) is 2.81. The summed E-state index contributed by atoms with van der Waals surface area (Å²) in [5, 5.41) is 18.5. The molecule has 3 rings (SSSR count). The molecule has 24 heavy (non-hydrogen) atoms. The van der Waals surface area contributed by atoms with E-state index in [2.05, 4.69) is 16.7 Å². The fraction of sp³-hybridized carbons (Fsp3) is 0.278. The Bertz CT molecular complexity index is 780. The average Bonchev–Trinajstić information content (AvgIpc) is 3.12. The topological polar surface area (TPSA) is 82.0 Å². The number of hydrogen-bond donors (Lipinski definition) is 2. The second-order valence-corrected chi connectivity index (χ2v) is 6.55. The Kier molecular flexibility index (Phi) is 4.92. The van der Waals surface area contributed by atoms with Crippen molar-refractivity contribution in [3.8, 4) is 6.07 Å². The van der Waals surface area contributed by atoms with Gasteiger partial charge in [0.15, 0.2) is 0 Å². The number of para-hydroxylation sites is 1. The lowest BCUT2D eigenvalue weighted by Crippen LogP contribution is -2.32. The Morgan fingerprint density at radius 3 is 3.00 bits per heavy atom. The van der Waals surface area contributed by atoms with Crippen LogP contribution in [0.1, 0.15) is 30.0 Å². The first-order valence-corrected chi connectivity index (χ1v) is 8.71. The Balaban J connectivity index is 1.55. The zero-order valence-corrected chi connectivity index (χ0v) is 13.8. The molecule has 0 saturated carbocycles. The van der Waals surface area contributed by atoms with Crippen LogP contribution < -0.4 is 10.6 Å². The third-order valence-corrected chi connectivity index (χ3v) is 4.84. The molecule has 122 valence electrons. The molecule has 2 amide bonds. The van der Waals surface area contributed by atoms with Crippen molar-refractivity contribution >= 4 is 28.8 Å². The SMILES string of the molecule is N#C[C@H](NC(=O)CC[C@@H]1Cc2ccccc2NC1=O)c1ccsc1. The molecule has 0 radical (unpaired) electrons. The third kappa shape index (κ3) is 3.63. The summed E-state index contributed by atoms with van der Waals surface area (Å²) in [6.07, 6.45) is 1.33. The lowest BCUT2D eigenvalue weighted by molar-refractivity contribution is -0.123. The molecule has 0 unspecified atom stereocenters. The van der Waals surface area contributed by atoms with Crippen molar-refractivity contribution in [1.82, 2.24) is 5.32 Å². The minimum atomic E-state index is -0.635. The number of nitrogens with zero attached hydrogens (tertiary/aromatic N) is 1. The van der Waals surface area contributed by atoms with Crippen molar-refractivity contribution < 1.29 is 9.59 Å². The number of thiophene rings is 1. The van der Waals surface area contributed by atoms with Crippen LogP contribution in [0.25, 0.3) is 0 Å². The normalized spacial score (nSPS) is 17.3. The Morgan fingerprint density at radius 1 is 1.42 bits per heavy atom. The van der Waals surface area contributed by atoms with Crippen LogP contribution in [0, 0.1) is 17.2 Å². The second kappa shape index (κ2) is 7.28. The molecule has 1 aliphatic rings. The highest BCUT2D eigenvalue weighted by Crippen LogP contribution is 2.27. The Hall–Kier alpha value is -2.65. The molecule has 0 saturated heterocycles. The van der Waals surface area contributed by atoms with Crippen LogP contribution in [0.2, 0.25) is 0 Å². The van der Waals surface area contributed by atoms with Crippen molar-refractivity contribution in [2.24, 2.45) is 5.92 Å². The van der Waals surface area contributed by atoms with E-state index in [0.29, 0.717) is 12.8 Å². The molecule has 1 aromatic carbocycles. The van der Waals surface area contributed by atoms with E-state index in [1.807, 2.05) is 41.1 Å². The summed E-state index contributed by atoms with van der Waals surface area (Å²) in [6.45, 7) is 0. The number of hydrogen-bond acceptors (Lipinski definition) is 4. The molecule has 0 fully saturated rings. The second-order valence-electron chi connectivity index (χ2n) is 5.77. The number of nitrogens with one attached hydrogen (secondary N) is 2. The summed E-state index contributed by atoms with van der Waals surface area (Å²) >= 11 is 1.48. The van der Waals surface area contributed by atoms with Crippen molar-refractivity contribution in [2.75, 3.05) is 5.32 Å². The van der Waals surface area contributed by atoms with Gasteiger partial charge in [-0.25, -0.2) is 0 Å². The van der Waals surface area contributed by atoms with Gasteiger partial charge in [0.05, 0.1) is 6.07 Å². The van der Waals surface area contributed by atoms with Crippen LogP contribution in [0.3, 0.4) is 0 Å². The molecule has 2 atom stereocenters. The molecule has 2 heterocycles. The zero-order chi connectivity index (χ0) is 16.9. The first-order chi connectivity index (χ1) is 11.7. The predicted molar refractivity (Wildman–Crippen MR) is 92.3 cm³/mol. The highest BCUT2D eigenvalue weighted by atomic mass is 32.1. The number of anilines is 1. The van der Waals surface area contributed by atoms with Gasteiger partial charge in [-0.1, -0.05) is 18.2 Å². The van der Waals surface area contributed by atoms with Gasteiger partial charge in [0.25, 0.3) is 0 Å². The number of amides is 2. The van der Waals surface area contributed by atoms with E-state index in [9.17, 15) is 14.9 Å². The molecule has 2 N–H and O–H groups in total. The number of benzene rings is 1. The molecule has 1 aromatic heterocycles. The number of nitriles is 1. The maximum absolute atomic E-state index is 12.1. The van der Waals surface area contributed by atoms with Gasteiger partial charge < -0.3 is 10.6 Å². The molecule has 0 aliphatic carbocycles. The molecular formula is C18H17N3O2S. The molecule has 6 heteroatoms. The van der Waals surface area contributed by atoms with Gasteiger partial charge in [0, 0.05) is 18.0 Å². The number of rotatable bonds is 5. The lowest BCUT2D eigenvalue weighted by Gasteiger charge is -2.24. The largest absolute Gasteiger partial charge is 0.337 e. The van der Waals surface area contributed by atoms with E-state index >= 15 is 0 Å². The summed E-state index contributed by atoms with van der Waals surface area (Å²) in [4.78, 5) is 24.3. The van der Waals surface area contributed by atoms with E-state index in [1.165, 1.54) is 11.3 Å². The van der Waals surface area contributed by atoms with Crippen LogP contribution in [0.15, 0.2) is 41.1 Å². The quantitative estimate of drug-likeness (QED) is 0.878. The zero-order valence-electron chi connectivity index (χ0n) is 13.0. The van der Waals surface area contributed by atoms with Gasteiger partial charge in [-0.05, 0) is 46.9 Å². The highest BCUT2D eigenvalue weighted by Gasteiger charge is 2.26. The lowest BCUT2D eigenvalue weighted by atomic mass is 9.89. The Morgan fingerprint density at radius 2 is 2.25 bits per heavy atom. The van der Waals surface area contributed by atoms with Crippen molar-refractivity contribution in [3.63, 3.8) is 0 Å². The molecule has 0 spiro atoms. The minimum Gasteiger partial charge on any atom is -0.337 e. The van der Waals surface area contributed by atoms with E-state index < -0.39 is 6.04 Å². The van der Waals surface area contributed by atoms with E-state index in [0.717, 1.165) is 16.8 Å². The van der Waals surface area contributed by atoms with Gasteiger partial charge in [0.1, 0.15) is 6.04 Å². The van der Waals surface area contributed by atoms with Gasteiger partial charge in [-0.2, -0.15) is 16.6 Å². The number of fused-ring (bicyclic) bond motifs is 1. The predicted octanol–water partition coefficient (Wildman–Crippen LogP) is 3.02. The van der Waals surface area contributed by atoms with Crippen LogP contribution in [-0.2, 0) is 16.0 Å². The van der Waals surface area contributed by atoms with Crippen molar-refractivity contribution in [2.45, 2.75) is 25.3 Å². The van der Waals surface area contributed by atoms with Crippen molar-refractivity contribution in [1.29, 1.82) is 5.26 Å². The molecular weight excluding hydrogens is 322 g/mol. The van der Waals surface area contributed by atoms with Crippen LogP contribution in [0.5, 0.6) is 0 Å². The summed E-state index contributed by atoms with van der Waals surface area (Å²) < 4.78 is 0. The monoisotopic (exact) mass is 339 g/mol. The standard InChI is InChI=1S/C18H17N3O2S/c19-10-16(14-7-8-24-11-14)20-17(22)6-5-13-9-12-3-1-2-4-15(12)21-18(13)23/h1-4,7-8,11,13,16H,5-6,9H2,(H,20,22)(H,21,23)/t13-,16+/m1/s1. The van der Waals surface area contributed by atoms with E-state index in [-0.39, 0.29) is 24.2 Å². The van der Waals surface area contributed by atoms with Gasteiger partial charge in [0.2, 0.25) is 11.8 Å². The average molecular weight is 339 g/mol. The summed E-state index contributed by atoms with van der Waals surface area (Å²) in [7, 11) is 0. The highest BCUT2D eigenvalue weighted by molar-refractivity contribution is 7.08. The van der Waals surface area contributed by atoms with Crippen LogP contribution in [0.4, 0.5) is 5.69 Å². The van der Waals surface area contributed by atoms with Crippen molar-refractivity contribution in [3.05, 3.63) is 52.2 Å². The number of carbonyl (C=O) groups is 2. The minimum absolute atomic E-state index is 0.0452. The van der Waals surface area contributed by atoms with Gasteiger partial charge in [-0.15, -0.1) is 0 Å². The van der Waals surface area contributed by atoms with E-state index in [1.54, 1.807) is 0 Å². The maximum Gasteiger partial charge on any atom is 0.227 e. The van der Waals surface area contributed by atoms with Crippen LogP contribution >= 0.6 is 11.3 Å². The molecule has 5 nitrogen and oxygen atoms in total. The smallest absolute Gasteiger partial charge is 0.227 e. The third-order valence-electron chi connectivity index (χ3n) is 4.14. The summed E-state index contributed by atoms with van der Waals surface area (Å²) in [6, 6.07) is 11.0. The molecule has 1 aliphatic heterocycles. The van der Waals surface area contributed by atoms with Crippen LogP contribution in [-0.4, -0.2) is 11.8 Å².